The Labute approximate surface area is 280 Å². The lowest BCUT2D eigenvalue weighted by Crippen LogP contribution is -2.47. The van der Waals surface area contributed by atoms with Crippen molar-refractivity contribution in [3.63, 3.8) is 0 Å². The predicted molar refractivity (Wildman–Crippen MR) is 185 cm³/mol. The molecule has 258 valence electrons. The molecule has 0 saturated carbocycles. The highest BCUT2D eigenvalue weighted by Gasteiger charge is 2.36. The third-order valence-corrected chi connectivity index (χ3v) is 11.7. The molecule has 6 rings (SSSR count). The van der Waals surface area contributed by atoms with Gasteiger partial charge in [-0.25, -0.2) is 17.7 Å². The number of rotatable bonds is 14. The zero-order chi connectivity index (χ0) is 32.8. The van der Waals surface area contributed by atoms with Gasteiger partial charge in [0.2, 0.25) is 16.0 Å². The van der Waals surface area contributed by atoms with E-state index in [1.165, 1.54) is 16.3 Å². The molecule has 1 unspecified atom stereocenters. The number of guanidine groups is 1. The third-order valence-electron chi connectivity index (χ3n) is 9.58. The molecule has 5 heterocycles. The summed E-state index contributed by atoms with van der Waals surface area (Å²) in [5, 5.41) is 0. The van der Waals surface area contributed by atoms with Gasteiger partial charge in [-0.05, 0) is 57.0 Å². The Kier molecular flexibility index (Phi) is 11.2. The van der Waals surface area contributed by atoms with Crippen molar-refractivity contribution in [3.8, 4) is 11.5 Å². The van der Waals surface area contributed by atoms with Gasteiger partial charge in [-0.1, -0.05) is 26.0 Å². The van der Waals surface area contributed by atoms with E-state index in [1.54, 1.807) is 0 Å². The van der Waals surface area contributed by atoms with Crippen LogP contribution in [0.15, 0.2) is 46.0 Å². The lowest BCUT2D eigenvalue weighted by molar-refractivity contribution is 0.0357. The van der Waals surface area contributed by atoms with Crippen LogP contribution in [0.25, 0.3) is 0 Å². The summed E-state index contributed by atoms with van der Waals surface area (Å²) in [5.74, 6) is 2.91. The summed E-state index contributed by atoms with van der Waals surface area (Å²) in [7, 11) is -1.15. The molecule has 0 aliphatic carbocycles. The molecule has 12 nitrogen and oxygen atoms in total. The Morgan fingerprint density at radius 2 is 1.85 bits per heavy atom. The summed E-state index contributed by atoms with van der Waals surface area (Å²) in [6.07, 6.45) is 10.3. The number of fused-ring (bicyclic) bond motifs is 3. The van der Waals surface area contributed by atoms with Crippen molar-refractivity contribution in [2.24, 2.45) is 9.98 Å². The lowest BCUT2D eigenvalue weighted by atomic mass is 10.0. The van der Waals surface area contributed by atoms with Crippen molar-refractivity contribution in [2.45, 2.75) is 45.6 Å². The maximum atomic E-state index is 12.9. The quantitative estimate of drug-likeness (QED) is 0.277. The first-order valence-electron chi connectivity index (χ1n) is 17.4. The van der Waals surface area contributed by atoms with Gasteiger partial charge in [-0.2, -0.15) is 0 Å². The average Bonchev–Trinajstić information content (AvgIpc) is 3.75. The number of aliphatic imine (C=N–C) groups is 2. The normalized spacial score (nSPS) is 21.9. The van der Waals surface area contributed by atoms with Gasteiger partial charge < -0.3 is 19.1 Å². The van der Waals surface area contributed by atoms with E-state index in [4.69, 9.17) is 24.2 Å². The van der Waals surface area contributed by atoms with Gasteiger partial charge in [0.1, 0.15) is 11.5 Å². The van der Waals surface area contributed by atoms with Gasteiger partial charge in [0.15, 0.2) is 11.5 Å². The molecule has 0 aromatic heterocycles. The summed E-state index contributed by atoms with van der Waals surface area (Å²) in [4.78, 5) is 19.4. The SMILES string of the molecule is CCN(CC)S(=O)(=O)CCCOc1c(OCCCN2CCOCC2)ccc2c1N=C(N1C=C(C3CCCN3C)C=CC1)N1CCN=C21. The van der Waals surface area contributed by atoms with E-state index in [0.717, 1.165) is 82.7 Å². The number of likely N-dealkylation sites (N-methyl/N-ethyl adjacent to an activating group) is 1. The molecule has 0 bridgehead atoms. The Balaban J connectivity index is 1.26. The monoisotopic (exact) mass is 669 g/mol. The number of benzene rings is 1. The molecule has 0 spiro atoms. The van der Waals surface area contributed by atoms with Crippen LogP contribution in [0.1, 0.15) is 45.1 Å². The summed E-state index contributed by atoms with van der Waals surface area (Å²) in [5.41, 5.74) is 2.90. The van der Waals surface area contributed by atoms with Crippen LogP contribution in [0.4, 0.5) is 5.69 Å². The largest absolute Gasteiger partial charge is 0.490 e. The smallest absolute Gasteiger partial charge is 0.214 e. The summed E-state index contributed by atoms with van der Waals surface area (Å²) in [6, 6.07) is 4.39. The molecule has 0 radical (unpaired) electrons. The van der Waals surface area contributed by atoms with Gasteiger partial charge in [-0.15, -0.1) is 0 Å². The molecule has 0 amide bonds. The van der Waals surface area contributed by atoms with Crippen LogP contribution in [0, 0.1) is 0 Å². The molecule has 0 N–H and O–H groups in total. The summed E-state index contributed by atoms with van der Waals surface area (Å²) in [6.45, 7) is 13.1. The highest BCUT2D eigenvalue weighted by atomic mass is 32.2. The highest BCUT2D eigenvalue weighted by Crippen LogP contribution is 2.44. The molecular formula is C34H51N7O5S. The first-order chi connectivity index (χ1) is 22.9. The minimum Gasteiger partial charge on any atom is -0.490 e. The lowest BCUT2D eigenvalue weighted by Gasteiger charge is -2.36. The standard InChI is InChI=1S/C34H51N7O5S/c1-4-40(5-2)47(42,43)25-9-22-46-32-30(45-21-8-16-38-19-23-44-24-20-38)13-12-28-31(32)36-34(41-18-14-35-33(28)41)39-17-6-10-27(26-39)29-11-7-15-37(29)3/h6,10,12-13,26,29H,4-5,7-9,11,14-25H2,1-3H3. The minimum atomic E-state index is -3.35. The molecule has 47 heavy (non-hydrogen) atoms. The molecule has 1 aromatic rings. The van der Waals surface area contributed by atoms with Crippen LogP contribution < -0.4 is 9.47 Å². The molecule has 13 heteroatoms. The van der Waals surface area contributed by atoms with E-state index in [0.29, 0.717) is 55.9 Å². The average molecular weight is 670 g/mol. The van der Waals surface area contributed by atoms with Gasteiger partial charge in [0.05, 0.1) is 38.7 Å². The van der Waals surface area contributed by atoms with Crippen molar-refractivity contribution >= 4 is 27.5 Å². The van der Waals surface area contributed by atoms with E-state index in [2.05, 4.69) is 45.0 Å². The molecule has 2 saturated heterocycles. The second-order valence-electron chi connectivity index (χ2n) is 12.6. The van der Waals surface area contributed by atoms with Gasteiger partial charge in [0, 0.05) is 63.6 Å². The summed E-state index contributed by atoms with van der Waals surface area (Å²) < 4.78 is 45.6. The van der Waals surface area contributed by atoms with Crippen LogP contribution >= 0.6 is 0 Å². The molecule has 2 fully saturated rings. The molecule has 1 aromatic carbocycles. The van der Waals surface area contributed by atoms with E-state index < -0.39 is 10.0 Å². The van der Waals surface area contributed by atoms with Crippen LogP contribution in [0.5, 0.6) is 11.5 Å². The second kappa shape index (κ2) is 15.5. The van der Waals surface area contributed by atoms with Crippen molar-refractivity contribution in [1.29, 1.82) is 0 Å². The maximum Gasteiger partial charge on any atom is 0.214 e. The number of likely N-dealkylation sites (tertiary alicyclic amines) is 1. The van der Waals surface area contributed by atoms with E-state index >= 15 is 0 Å². The fourth-order valence-electron chi connectivity index (χ4n) is 7.05. The topological polar surface area (TPSA) is 103 Å². The fraction of sp³-hybridized carbons (Fsp3) is 0.647. The van der Waals surface area contributed by atoms with Crippen LogP contribution in [-0.2, 0) is 14.8 Å². The van der Waals surface area contributed by atoms with Crippen molar-refractivity contribution in [3.05, 3.63) is 41.6 Å². The van der Waals surface area contributed by atoms with Gasteiger partial charge in [0.25, 0.3) is 0 Å². The van der Waals surface area contributed by atoms with E-state index in [9.17, 15) is 8.42 Å². The maximum absolute atomic E-state index is 12.9. The van der Waals surface area contributed by atoms with Crippen molar-refractivity contribution in [1.82, 2.24) is 23.9 Å². The predicted octanol–water partition coefficient (Wildman–Crippen LogP) is 3.14. The number of amidine groups is 1. The number of sulfonamides is 1. The first kappa shape index (κ1) is 33.9. The number of morpholine rings is 1. The number of nitrogens with zero attached hydrogens (tertiary/aromatic N) is 7. The minimum absolute atomic E-state index is 0.0255. The molecular weight excluding hydrogens is 618 g/mol. The molecule has 5 aliphatic heterocycles. The number of hydrogen-bond donors (Lipinski definition) is 0. The zero-order valence-electron chi connectivity index (χ0n) is 28.3. The Morgan fingerprint density at radius 1 is 1.04 bits per heavy atom. The Bertz CT molecular complexity index is 1480. The molecule has 1 atom stereocenters. The van der Waals surface area contributed by atoms with E-state index in [-0.39, 0.29) is 12.4 Å². The summed E-state index contributed by atoms with van der Waals surface area (Å²) >= 11 is 0. The van der Waals surface area contributed by atoms with Crippen LogP contribution in [0.2, 0.25) is 0 Å². The zero-order valence-corrected chi connectivity index (χ0v) is 29.1. The number of ether oxygens (including phenoxy) is 3. The number of hydrogen-bond acceptors (Lipinski definition) is 11. The van der Waals surface area contributed by atoms with Crippen LogP contribution in [-0.4, -0.2) is 148 Å². The Morgan fingerprint density at radius 3 is 2.62 bits per heavy atom. The molecule has 5 aliphatic rings. The van der Waals surface area contributed by atoms with Gasteiger partial charge in [-0.3, -0.25) is 19.7 Å². The van der Waals surface area contributed by atoms with Crippen LogP contribution in [0.3, 0.4) is 0 Å². The first-order valence-corrected chi connectivity index (χ1v) is 19.0. The fourth-order valence-corrected chi connectivity index (χ4v) is 8.58. The van der Waals surface area contributed by atoms with Crippen molar-refractivity contribution < 1.29 is 22.6 Å². The van der Waals surface area contributed by atoms with Gasteiger partial charge >= 0.3 is 0 Å². The van der Waals surface area contributed by atoms with Crippen molar-refractivity contribution in [2.75, 3.05) is 98.1 Å². The van der Waals surface area contributed by atoms with E-state index in [1.807, 2.05) is 26.0 Å². The Hall–Kier alpha value is -2.97. The highest BCUT2D eigenvalue weighted by molar-refractivity contribution is 7.89. The second-order valence-corrected chi connectivity index (χ2v) is 14.7. The third kappa shape index (κ3) is 7.69.